The van der Waals surface area contributed by atoms with Gasteiger partial charge in [-0.05, 0) is 19.8 Å². The summed E-state index contributed by atoms with van der Waals surface area (Å²) in [5.41, 5.74) is 0.114. The molecule has 0 saturated carbocycles. The summed E-state index contributed by atoms with van der Waals surface area (Å²) < 4.78 is 5.85. The van der Waals surface area contributed by atoms with E-state index in [0.717, 1.165) is 13.0 Å². The van der Waals surface area contributed by atoms with Crippen LogP contribution in [-0.4, -0.2) is 29.4 Å². The zero-order chi connectivity index (χ0) is 9.36. The van der Waals surface area contributed by atoms with Gasteiger partial charge in [0.1, 0.15) is 0 Å². The lowest BCUT2D eigenvalue weighted by atomic mass is 9.89. The number of hydrogen-bond donors (Lipinski definition) is 1. The molecule has 2 heterocycles. The molecule has 76 valence electrons. The highest BCUT2D eigenvalue weighted by Crippen LogP contribution is 2.43. The topological polar surface area (TPSA) is 21.3 Å². The molecule has 2 rings (SSSR count). The maximum atomic E-state index is 5.85. The van der Waals surface area contributed by atoms with Crippen molar-refractivity contribution in [3.05, 3.63) is 0 Å². The van der Waals surface area contributed by atoms with Crippen LogP contribution in [0.25, 0.3) is 0 Å². The first-order valence-corrected chi connectivity index (χ1v) is 6.20. The molecule has 2 saturated heterocycles. The first-order chi connectivity index (χ1) is 6.18. The van der Waals surface area contributed by atoms with Gasteiger partial charge in [0.2, 0.25) is 0 Å². The smallest absolute Gasteiger partial charge is 0.0695 e. The number of nitrogens with one attached hydrogen (secondary N) is 1. The predicted octanol–water partition coefficient (Wildman–Crippen LogP) is 2.00. The quantitative estimate of drug-likeness (QED) is 0.701. The van der Waals surface area contributed by atoms with Crippen LogP contribution in [0.15, 0.2) is 0 Å². The lowest BCUT2D eigenvalue weighted by Crippen LogP contribution is -2.50. The Balaban J connectivity index is 2.06. The highest BCUT2D eigenvalue weighted by Gasteiger charge is 2.44. The molecule has 0 aromatic rings. The largest absolute Gasteiger partial charge is 0.375 e. The minimum atomic E-state index is 0.114. The van der Waals surface area contributed by atoms with Gasteiger partial charge in [-0.3, -0.25) is 0 Å². The molecule has 0 radical (unpaired) electrons. The van der Waals surface area contributed by atoms with Gasteiger partial charge in [0.25, 0.3) is 0 Å². The van der Waals surface area contributed by atoms with E-state index in [1.165, 1.54) is 25.1 Å². The Morgan fingerprint density at radius 1 is 1.54 bits per heavy atom. The molecule has 0 aliphatic carbocycles. The van der Waals surface area contributed by atoms with Gasteiger partial charge in [-0.15, -0.1) is 11.8 Å². The van der Waals surface area contributed by atoms with E-state index in [1.54, 1.807) is 0 Å². The summed E-state index contributed by atoms with van der Waals surface area (Å²) >= 11 is 2.09. The van der Waals surface area contributed by atoms with Crippen LogP contribution in [0.5, 0.6) is 0 Å². The van der Waals surface area contributed by atoms with E-state index in [0.29, 0.717) is 4.87 Å². The number of thioether (sulfide) groups is 1. The molecule has 2 unspecified atom stereocenters. The zero-order valence-corrected chi connectivity index (χ0v) is 9.38. The van der Waals surface area contributed by atoms with Gasteiger partial charge in [-0.1, -0.05) is 6.92 Å². The van der Waals surface area contributed by atoms with E-state index < -0.39 is 0 Å². The third kappa shape index (κ3) is 1.88. The average Bonchev–Trinajstić information content (AvgIpc) is 2.53. The lowest BCUT2D eigenvalue weighted by Gasteiger charge is -2.43. The molecular formula is C10H19NOS. The van der Waals surface area contributed by atoms with Crippen molar-refractivity contribution in [1.29, 1.82) is 0 Å². The average molecular weight is 201 g/mol. The highest BCUT2D eigenvalue weighted by atomic mass is 32.2. The summed E-state index contributed by atoms with van der Waals surface area (Å²) in [6, 6.07) is 0. The van der Waals surface area contributed by atoms with E-state index in [2.05, 4.69) is 30.9 Å². The number of ether oxygens (including phenoxy) is 1. The normalized spacial score (nSPS) is 45.7. The Kier molecular flexibility index (Phi) is 2.60. The Morgan fingerprint density at radius 3 is 3.00 bits per heavy atom. The first kappa shape index (κ1) is 9.81. The minimum Gasteiger partial charge on any atom is -0.375 e. The minimum absolute atomic E-state index is 0.114. The summed E-state index contributed by atoms with van der Waals surface area (Å²) in [7, 11) is 0. The van der Waals surface area contributed by atoms with Crippen molar-refractivity contribution in [1.82, 2.24) is 5.32 Å². The third-order valence-electron chi connectivity index (χ3n) is 3.29. The molecule has 2 nitrogen and oxygen atoms in total. The molecule has 13 heavy (non-hydrogen) atoms. The SMILES string of the molecule is CCC1(C)CC2(CCO1)NCCS2. The Bertz CT molecular complexity index is 191. The van der Waals surface area contributed by atoms with Crippen LogP contribution < -0.4 is 5.32 Å². The van der Waals surface area contributed by atoms with Crippen LogP contribution in [0.3, 0.4) is 0 Å². The summed E-state index contributed by atoms with van der Waals surface area (Å²) in [6.07, 6.45) is 3.46. The van der Waals surface area contributed by atoms with Gasteiger partial charge in [0.05, 0.1) is 10.5 Å². The molecule has 2 atom stereocenters. The number of rotatable bonds is 1. The number of hydrogen-bond acceptors (Lipinski definition) is 3. The predicted molar refractivity (Wildman–Crippen MR) is 57.1 cm³/mol. The molecule has 0 aromatic carbocycles. The molecule has 2 aliphatic heterocycles. The van der Waals surface area contributed by atoms with Crippen LogP contribution in [0.4, 0.5) is 0 Å². The fourth-order valence-electron chi connectivity index (χ4n) is 2.28. The molecule has 0 bridgehead atoms. The monoisotopic (exact) mass is 201 g/mol. The van der Waals surface area contributed by atoms with Gasteiger partial charge >= 0.3 is 0 Å². The van der Waals surface area contributed by atoms with E-state index in [1.807, 2.05) is 0 Å². The van der Waals surface area contributed by atoms with Crippen molar-refractivity contribution in [2.24, 2.45) is 0 Å². The third-order valence-corrected chi connectivity index (χ3v) is 4.75. The maximum Gasteiger partial charge on any atom is 0.0695 e. The van der Waals surface area contributed by atoms with Crippen molar-refractivity contribution >= 4 is 11.8 Å². The van der Waals surface area contributed by atoms with Crippen molar-refractivity contribution in [2.45, 2.75) is 43.6 Å². The summed E-state index contributed by atoms with van der Waals surface area (Å²) in [4.78, 5) is 0.350. The second kappa shape index (κ2) is 3.44. The Labute approximate surface area is 84.8 Å². The summed E-state index contributed by atoms with van der Waals surface area (Å²) in [6.45, 7) is 6.56. The van der Waals surface area contributed by atoms with Gasteiger partial charge in [-0.25, -0.2) is 0 Å². The van der Waals surface area contributed by atoms with Crippen LogP contribution >= 0.6 is 11.8 Å². The van der Waals surface area contributed by atoms with Crippen molar-refractivity contribution in [2.75, 3.05) is 18.9 Å². The molecule has 1 spiro atoms. The second-order valence-electron chi connectivity index (χ2n) is 4.35. The van der Waals surface area contributed by atoms with E-state index in [9.17, 15) is 0 Å². The molecule has 2 fully saturated rings. The molecule has 1 N–H and O–H groups in total. The van der Waals surface area contributed by atoms with E-state index >= 15 is 0 Å². The molecule has 3 heteroatoms. The molecule has 0 amide bonds. The van der Waals surface area contributed by atoms with E-state index in [4.69, 9.17) is 4.74 Å². The molecular weight excluding hydrogens is 182 g/mol. The van der Waals surface area contributed by atoms with Gasteiger partial charge in [-0.2, -0.15) is 0 Å². The standard InChI is InChI=1S/C10H19NOS/c1-3-9(2)8-10(4-6-12-9)11-5-7-13-10/h11H,3-8H2,1-2H3. The van der Waals surface area contributed by atoms with Crippen LogP contribution in [0, 0.1) is 0 Å². The molecule has 0 aromatic heterocycles. The lowest BCUT2D eigenvalue weighted by molar-refractivity contribution is -0.0826. The van der Waals surface area contributed by atoms with Crippen molar-refractivity contribution in [3.8, 4) is 0 Å². The fraction of sp³-hybridized carbons (Fsp3) is 1.00. The van der Waals surface area contributed by atoms with Gasteiger partial charge < -0.3 is 10.1 Å². The second-order valence-corrected chi connectivity index (χ2v) is 5.83. The maximum absolute atomic E-state index is 5.85. The Hall–Kier alpha value is 0.270. The van der Waals surface area contributed by atoms with Gasteiger partial charge in [0, 0.05) is 25.3 Å². The summed E-state index contributed by atoms with van der Waals surface area (Å²) in [5, 5.41) is 3.64. The van der Waals surface area contributed by atoms with Crippen LogP contribution in [0.2, 0.25) is 0 Å². The Morgan fingerprint density at radius 2 is 2.38 bits per heavy atom. The highest BCUT2D eigenvalue weighted by molar-refractivity contribution is 8.00. The van der Waals surface area contributed by atoms with Crippen molar-refractivity contribution in [3.63, 3.8) is 0 Å². The zero-order valence-electron chi connectivity index (χ0n) is 8.56. The fourth-order valence-corrected chi connectivity index (χ4v) is 3.72. The summed E-state index contributed by atoms with van der Waals surface area (Å²) in [5.74, 6) is 1.26. The molecule has 2 aliphatic rings. The van der Waals surface area contributed by atoms with Gasteiger partial charge in [0.15, 0.2) is 0 Å². The van der Waals surface area contributed by atoms with Crippen LogP contribution in [0.1, 0.15) is 33.1 Å². The first-order valence-electron chi connectivity index (χ1n) is 5.21. The van der Waals surface area contributed by atoms with Crippen molar-refractivity contribution < 1.29 is 4.74 Å². The van der Waals surface area contributed by atoms with Crippen LogP contribution in [-0.2, 0) is 4.74 Å². The van der Waals surface area contributed by atoms with E-state index in [-0.39, 0.29) is 5.60 Å².